The van der Waals surface area contributed by atoms with Gasteiger partial charge in [0.25, 0.3) is 13.9 Å². The molecule has 0 aromatic carbocycles. The van der Waals surface area contributed by atoms with E-state index >= 15 is 0 Å². The Balaban J connectivity index is 0. The number of hydrogen-bond donors (Lipinski definition) is 0. The molecule has 0 fully saturated rings. The average molecular weight is 91.8 g/mol. The quantitative estimate of drug-likeness (QED) is 0.241. The van der Waals surface area contributed by atoms with Crippen molar-refractivity contribution in [2.45, 2.75) is 0 Å². The van der Waals surface area contributed by atoms with Gasteiger partial charge in [-0.05, 0) is 0 Å². The van der Waals surface area contributed by atoms with E-state index in [1.807, 2.05) is 0 Å². The van der Waals surface area contributed by atoms with Gasteiger partial charge in [-0.3, -0.25) is 0 Å². The molecule has 5 heteroatoms. The monoisotopic (exact) mass is 92.0 g/mol. The van der Waals surface area contributed by atoms with Crippen molar-refractivity contribution in [3.63, 3.8) is 0 Å². The van der Waals surface area contributed by atoms with Crippen LogP contribution >= 0.6 is 0 Å². The van der Waals surface area contributed by atoms with Crippen molar-refractivity contribution in [2.75, 3.05) is 0 Å². The maximum Gasteiger partial charge on any atom is 1.00 e. The van der Waals surface area contributed by atoms with E-state index in [4.69, 9.17) is 10.3 Å². The second-order valence-corrected chi connectivity index (χ2v) is 0.305. The van der Waals surface area contributed by atoms with Gasteiger partial charge in [-0.15, -0.1) is 0 Å². The van der Waals surface area contributed by atoms with Crippen molar-refractivity contribution >= 4 is 7.69 Å². The van der Waals surface area contributed by atoms with Crippen molar-refractivity contribution in [2.24, 2.45) is 0 Å². The summed E-state index contributed by atoms with van der Waals surface area (Å²) in [4.78, 5) is 0. The second-order valence-electron chi connectivity index (χ2n) is 0.305. The predicted molar refractivity (Wildman–Crippen MR) is 12.5 cm³/mol. The summed E-state index contributed by atoms with van der Waals surface area (Å²) in [6.07, 6.45) is 1.15. The van der Waals surface area contributed by atoms with Crippen LogP contribution in [0.3, 0.4) is 0 Å². The van der Waals surface area contributed by atoms with Crippen LogP contribution in [0.2, 0.25) is 0 Å². The molecule has 0 unspecified atom stereocenters. The fourth-order valence-electron chi connectivity index (χ4n) is 0.0215. The molecule has 0 aromatic rings. The summed E-state index contributed by atoms with van der Waals surface area (Å²) in [5.74, 6) is 0. The van der Waals surface area contributed by atoms with E-state index in [2.05, 4.69) is 4.65 Å². The number of rotatable bonds is 1. The molecular formula is CBNNaO2. The molecule has 0 aliphatic carbocycles. The Morgan fingerprint density at radius 1 is 1.83 bits per heavy atom. The largest absolute Gasteiger partial charge is 1.00 e. The fraction of sp³-hybridized carbons (Fsp3) is 0. The maximum atomic E-state index is 8.96. The molecule has 0 amide bonds. The SMILES string of the molecule is N#CO[B][O-].[Na+]. The molecule has 6 heavy (non-hydrogen) atoms. The molecule has 0 saturated heterocycles. The van der Waals surface area contributed by atoms with E-state index in [1.165, 1.54) is 0 Å². The Hall–Kier alpha value is 0.315. The van der Waals surface area contributed by atoms with Gasteiger partial charge in [-0.25, -0.2) is 0 Å². The van der Waals surface area contributed by atoms with Gasteiger partial charge in [0.05, 0.1) is 0 Å². The van der Waals surface area contributed by atoms with Crippen molar-refractivity contribution in [3.05, 3.63) is 0 Å². The van der Waals surface area contributed by atoms with Crippen LogP contribution < -0.4 is 34.6 Å². The molecule has 0 rings (SSSR count). The van der Waals surface area contributed by atoms with E-state index < -0.39 is 0 Å². The molecule has 0 heterocycles. The Morgan fingerprint density at radius 2 is 2.33 bits per heavy atom. The van der Waals surface area contributed by atoms with Crippen LogP contribution in [0.5, 0.6) is 0 Å². The predicted octanol–water partition coefficient (Wildman–Crippen LogP) is -4.62. The van der Waals surface area contributed by atoms with Crippen molar-refractivity contribution in [1.82, 2.24) is 0 Å². The van der Waals surface area contributed by atoms with E-state index in [1.54, 1.807) is 0 Å². The third kappa shape index (κ3) is 8.85. The topological polar surface area (TPSA) is 56.1 Å². The van der Waals surface area contributed by atoms with Gasteiger partial charge in [0.1, 0.15) is 0 Å². The standard InChI is InChI=1S/CBNO2.Na/c3-1-5-2-4;/q-1;+1. The summed E-state index contributed by atoms with van der Waals surface area (Å²) in [7, 11) is 0.0694. The Kier molecular flexibility index (Phi) is 14.4. The Morgan fingerprint density at radius 3 is 2.33 bits per heavy atom. The molecule has 0 aliphatic rings. The third-order valence-electron chi connectivity index (χ3n) is 0.101. The van der Waals surface area contributed by atoms with Crippen LogP contribution in [0.25, 0.3) is 0 Å². The molecular weight excluding hydrogens is 91.8 g/mol. The van der Waals surface area contributed by atoms with E-state index in [0.29, 0.717) is 0 Å². The second kappa shape index (κ2) is 9.01. The zero-order valence-electron chi connectivity index (χ0n) is 3.34. The molecule has 0 bridgehead atoms. The summed E-state index contributed by atoms with van der Waals surface area (Å²) in [5.41, 5.74) is 0. The van der Waals surface area contributed by atoms with Gasteiger partial charge in [0, 0.05) is 0 Å². The van der Waals surface area contributed by atoms with E-state index in [9.17, 15) is 0 Å². The molecule has 0 N–H and O–H groups in total. The summed E-state index contributed by atoms with van der Waals surface area (Å²) >= 11 is 0. The first-order valence-electron chi connectivity index (χ1n) is 0.899. The van der Waals surface area contributed by atoms with Crippen LogP contribution in [-0.4, -0.2) is 7.69 Å². The van der Waals surface area contributed by atoms with Crippen LogP contribution in [-0.2, 0) is 4.65 Å². The summed E-state index contributed by atoms with van der Waals surface area (Å²) < 4.78 is 3.46. The number of hydrogen-bond acceptors (Lipinski definition) is 3. The van der Waals surface area contributed by atoms with Gasteiger partial charge >= 0.3 is 29.6 Å². The minimum Gasteiger partial charge on any atom is -0.849 e. The summed E-state index contributed by atoms with van der Waals surface area (Å²) in [6.45, 7) is 0. The summed E-state index contributed by atoms with van der Waals surface area (Å²) in [6, 6.07) is 0. The van der Waals surface area contributed by atoms with Crippen LogP contribution in [0, 0.1) is 11.5 Å². The smallest absolute Gasteiger partial charge is 0.849 e. The zero-order valence-corrected chi connectivity index (χ0v) is 5.34. The minimum atomic E-state index is 0. The van der Waals surface area contributed by atoms with E-state index in [0.717, 1.165) is 6.26 Å². The molecule has 0 aromatic heterocycles. The van der Waals surface area contributed by atoms with Gasteiger partial charge in [-0.1, -0.05) is 0 Å². The minimum absolute atomic E-state index is 0. The van der Waals surface area contributed by atoms with Gasteiger partial charge in [0.2, 0.25) is 0 Å². The first-order valence-corrected chi connectivity index (χ1v) is 0.899. The van der Waals surface area contributed by atoms with Crippen LogP contribution in [0.1, 0.15) is 0 Å². The van der Waals surface area contributed by atoms with Gasteiger partial charge < -0.3 is 9.68 Å². The van der Waals surface area contributed by atoms with Crippen LogP contribution in [0.15, 0.2) is 0 Å². The molecule has 3 nitrogen and oxygen atoms in total. The van der Waals surface area contributed by atoms with Crippen molar-refractivity contribution in [1.29, 1.82) is 5.26 Å². The molecule has 0 aliphatic heterocycles. The number of nitriles is 1. The number of nitrogens with zero attached hydrogens (tertiary/aromatic N) is 1. The third-order valence-corrected chi connectivity index (χ3v) is 0.101. The van der Waals surface area contributed by atoms with Crippen molar-refractivity contribution < 1.29 is 39.2 Å². The first kappa shape index (κ1) is 9.58. The molecule has 1 radical (unpaired) electrons. The Labute approximate surface area is 58.5 Å². The molecule has 0 atom stereocenters. The van der Waals surface area contributed by atoms with Crippen LogP contribution in [0.4, 0.5) is 0 Å². The average Bonchev–Trinajstić information content (AvgIpc) is 1.41. The Bertz CT molecular complexity index is 52.0. The summed E-state index contributed by atoms with van der Waals surface area (Å²) in [5, 5.41) is 16.3. The molecule has 25 valence electrons. The normalized spacial score (nSPS) is 4.00. The molecule has 0 saturated carbocycles. The fourth-order valence-corrected chi connectivity index (χ4v) is 0.0215. The maximum absolute atomic E-state index is 8.96. The van der Waals surface area contributed by atoms with Gasteiger partial charge in [-0.2, -0.15) is 5.26 Å². The zero-order chi connectivity index (χ0) is 4.12. The first-order chi connectivity index (χ1) is 2.41. The van der Waals surface area contributed by atoms with E-state index in [-0.39, 0.29) is 37.2 Å². The van der Waals surface area contributed by atoms with Crippen molar-refractivity contribution in [3.8, 4) is 6.26 Å². The van der Waals surface area contributed by atoms with Gasteiger partial charge in [0.15, 0.2) is 0 Å². The molecule has 0 spiro atoms.